The van der Waals surface area contributed by atoms with E-state index < -0.39 is 11.5 Å². The summed E-state index contributed by atoms with van der Waals surface area (Å²) in [5.41, 5.74) is 1.21. The highest BCUT2D eigenvalue weighted by atomic mass is 16.3. The van der Waals surface area contributed by atoms with E-state index in [0.29, 0.717) is 19.5 Å². The molecular weight excluding hydrogens is 304 g/mol. The Morgan fingerprint density at radius 1 is 1.29 bits per heavy atom. The number of hydrogen-bond donors (Lipinski definition) is 1. The Balaban J connectivity index is 1.65. The molecule has 1 heterocycles. The summed E-state index contributed by atoms with van der Waals surface area (Å²) in [7, 11) is 1.69. The van der Waals surface area contributed by atoms with E-state index in [1.54, 1.807) is 16.8 Å². The summed E-state index contributed by atoms with van der Waals surface area (Å²) in [4.78, 5) is 28.6. The number of rotatable bonds is 4. The highest BCUT2D eigenvalue weighted by Crippen LogP contribution is 2.31. The molecule has 1 atom stereocenters. The molecule has 1 unspecified atom stereocenters. The van der Waals surface area contributed by atoms with Crippen LogP contribution in [-0.4, -0.2) is 47.6 Å². The first-order valence-electron chi connectivity index (χ1n) is 8.75. The van der Waals surface area contributed by atoms with Crippen molar-refractivity contribution in [2.75, 3.05) is 25.0 Å². The Labute approximate surface area is 143 Å². The molecule has 5 nitrogen and oxygen atoms in total. The van der Waals surface area contributed by atoms with Crippen LogP contribution in [0.15, 0.2) is 24.3 Å². The van der Waals surface area contributed by atoms with Crippen molar-refractivity contribution in [2.24, 2.45) is 5.92 Å². The molecular formula is C19H26N2O3. The monoisotopic (exact) mass is 330 g/mol. The van der Waals surface area contributed by atoms with Crippen LogP contribution in [0, 0.1) is 12.8 Å². The zero-order valence-corrected chi connectivity index (χ0v) is 14.5. The van der Waals surface area contributed by atoms with Crippen LogP contribution in [0.25, 0.3) is 0 Å². The first-order chi connectivity index (χ1) is 11.4. The minimum absolute atomic E-state index is 0.130. The van der Waals surface area contributed by atoms with E-state index in [1.165, 1.54) is 0 Å². The van der Waals surface area contributed by atoms with Crippen LogP contribution in [0.1, 0.15) is 37.7 Å². The standard InChI is InChI=1S/C19H26N2O3/c1-14-5-7-15(8-6-14)21-12-9-16(18(21)23)17(22)20(2)13-19(24)10-3-4-11-19/h5-8,16,24H,3-4,9-13H2,1-2H3. The van der Waals surface area contributed by atoms with Crippen LogP contribution in [0.5, 0.6) is 0 Å². The van der Waals surface area contributed by atoms with Crippen molar-refractivity contribution in [3.8, 4) is 0 Å². The van der Waals surface area contributed by atoms with Gasteiger partial charge in [-0.1, -0.05) is 30.5 Å². The summed E-state index contributed by atoms with van der Waals surface area (Å²) in [6.45, 7) is 2.89. The van der Waals surface area contributed by atoms with Crippen LogP contribution < -0.4 is 4.90 Å². The van der Waals surface area contributed by atoms with Crippen LogP contribution in [0.4, 0.5) is 5.69 Å². The SMILES string of the molecule is Cc1ccc(N2CCC(C(=O)N(C)CC3(O)CCCC3)C2=O)cc1. The van der Waals surface area contributed by atoms with Crippen molar-refractivity contribution < 1.29 is 14.7 Å². The molecule has 130 valence electrons. The van der Waals surface area contributed by atoms with Crippen molar-refractivity contribution >= 4 is 17.5 Å². The number of nitrogens with zero attached hydrogens (tertiary/aromatic N) is 2. The zero-order valence-electron chi connectivity index (χ0n) is 14.5. The number of benzene rings is 1. The maximum absolute atomic E-state index is 12.7. The third-order valence-corrected chi connectivity index (χ3v) is 5.29. The molecule has 5 heteroatoms. The van der Waals surface area contributed by atoms with Gasteiger partial charge in [-0.15, -0.1) is 0 Å². The van der Waals surface area contributed by atoms with Gasteiger partial charge >= 0.3 is 0 Å². The molecule has 1 aromatic rings. The van der Waals surface area contributed by atoms with Gasteiger partial charge in [-0.25, -0.2) is 0 Å². The van der Waals surface area contributed by atoms with E-state index >= 15 is 0 Å². The molecule has 2 fully saturated rings. The second kappa shape index (κ2) is 6.55. The Hall–Kier alpha value is -1.88. The molecule has 0 radical (unpaired) electrons. The first-order valence-corrected chi connectivity index (χ1v) is 8.75. The number of aryl methyl sites for hydroxylation is 1. The summed E-state index contributed by atoms with van der Waals surface area (Å²) >= 11 is 0. The number of anilines is 1. The van der Waals surface area contributed by atoms with Crippen molar-refractivity contribution in [3.05, 3.63) is 29.8 Å². The minimum Gasteiger partial charge on any atom is -0.388 e. The fraction of sp³-hybridized carbons (Fsp3) is 0.579. The van der Waals surface area contributed by atoms with E-state index in [4.69, 9.17) is 0 Å². The minimum atomic E-state index is -0.775. The van der Waals surface area contributed by atoms with E-state index in [1.807, 2.05) is 31.2 Å². The lowest BCUT2D eigenvalue weighted by Gasteiger charge is -2.30. The van der Waals surface area contributed by atoms with Gasteiger partial charge in [0.05, 0.1) is 5.60 Å². The number of likely N-dealkylation sites (N-methyl/N-ethyl adjacent to an activating group) is 1. The molecule has 2 aliphatic rings. The number of hydrogen-bond acceptors (Lipinski definition) is 3. The average molecular weight is 330 g/mol. The maximum Gasteiger partial charge on any atom is 0.239 e. The highest BCUT2D eigenvalue weighted by Gasteiger charge is 2.41. The van der Waals surface area contributed by atoms with Gasteiger partial charge in [0, 0.05) is 25.8 Å². The summed E-state index contributed by atoms with van der Waals surface area (Å²) in [6, 6.07) is 7.79. The number of amides is 2. The van der Waals surface area contributed by atoms with Gasteiger partial charge in [-0.05, 0) is 38.3 Å². The molecule has 1 saturated carbocycles. The highest BCUT2D eigenvalue weighted by molar-refractivity contribution is 6.09. The van der Waals surface area contributed by atoms with E-state index in [0.717, 1.165) is 36.9 Å². The zero-order chi connectivity index (χ0) is 17.3. The second-order valence-corrected chi connectivity index (χ2v) is 7.29. The van der Waals surface area contributed by atoms with Crippen molar-refractivity contribution in [2.45, 2.75) is 44.6 Å². The summed E-state index contributed by atoms with van der Waals surface area (Å²) < 4.78 is 0. The molecule has 0 bridgehead atoms. The quantitative estimate of drug-likeness (QED) is 0.860. The van der Waals surface area contributed by atoms with Crippen molar-refractivity contribution in [1.29, 1.82) is 0 Å². The lowest BCUT2D eigenvalue weighted by molar-refractivity contribution is -0.141. The van der Waals surface area contributed by atoms with Gasteiger partial charge in [-0.2, -0.15) is 0 Å². The second-order valence-electron chi connectivity index (χ2n) is 7.29. The first kappa shape index (κ1) is 17.0. The van der Waals surface area contributed by atoms with Gasteiger partial charge in [0.2, 0.25) is 11.8 Å². The van der Waals surface area contributed by atoms with Gasteiger partial charge in [0.1, 0.15) is 5.92 Å². The number of aliphatic hydroxyl groups is 1. The topological polar surface area (TPSA) is 60.9 Å². The van der Waals surface area contributed by atoms with Gasteiger partial charge in [0.15, 0.2) is 0 Å². The van der Waals surface area contributed by atoms with Crippen LogP contribution in [0.2, 0.25) is 0 Å². The van der Waals surface area contributed by atoms with Crippen LogP contribution >= 0.6 is 0 Å². The molecule has 3 rings (SSSR count). The van der Waals surface area contributed by atoms with Crippen LogP contribution in [-0.2, 0) is 9.59 Å². The summed E-state index contributed by atoms with van der Waals surface area (Å²) in [6.07, 6.45) is 4.01. The molecule has 1 aromatic carbocycles. The maximum atomic E-state index is 12.7. The molecule has 0 aromatic heterocycles. The predicted molar refractivity (Wildman–Crippen MR) is 92.7 cm³/mol. The Morgan fingerprint density at radius 2 is 1.92 bits per heavy atom. The van der Waals surface area contributed by atoms with E-state index in [-0.39, 0.29) is 11.8 Å². The normalized spacial score (nSPS) is 22.9. The largest absolute Gasteiger partial charge is 0.388 e. The van der Waals surface area contributed by atoms with Crippen LogP contribution in [0.3, 0.4) is 0 Å². The Kier molecular flexibility index (Phi) is 4.63. The number of carbonyl (C=O) groups excluding carboxylic acids is 2. The summed E-state index contributed by atoms with van der Waals surface area (Å²) in [5.74, 6) is -0.926. The van der Waals surface area contributed by atoms with Gasteiger partial charge in [0.25, 0.3) is 0 Å². The third-order valence-electron chi connectivity index (χ3n) is 5.29. The Bertz CT molecular complexity index is 620. The van der Waals surface area contributed by atoms with Gasteiger partial charge < -0.3 is 14.9 Å². The van der Waals surface area contributed by atoms with Crippen molar-refractivity contribution in [3.63, 3.8) is 0 Å². The molecule has 2 amide bonds. The molecule has 1 aliphatic carbocycles. The smallest absolute Gasteiger partial charge is 0.239 e. The van der Waals surface area contributed by atoms with E-state index in [2.05, 4.69) is 0 Å². The number of carbonyl (C=O) groups is 2. The average Bonchev–Trinajstić information content (AvgIpc) is 3.14. The lowest BCUT2D eigenvalue weighted by atomic mass is 10.0. The summed E-state index contributed by atoms with van der Waals surface area (Å²) in [5, 5.41) is 10.5. The van der Waals surface area contributed by atoms with E-state index in [9.17, 15) is 14.7 Å². The molecule has 1 saturated heterocycles. The third kappa shape index (κ3) is 3.31. The van der Waals surface area contributed by atoms with Crippen molar-refractivity contribution in [1.82, 2.24) is 4.90 Å². The molecule has 0 spiro atoms. The fourth-order valence-corrected chi connectivity index (χ4v) is 3.87. The predicted octanol–water partition coefficient (Wildman–Crippen LogP) is 2.11. The van der Waals surface area contributed by atoms with Gasteiger partial charge in [-0.3, -0.25) is 9.59 Å². The molecule has 24 heavy (non-hydrogen) atoms. The lowest BCUT2D eigenvalue weighted by Crippen LogP contribution is -2.45. The molecule has 1 N–H and O–H groups in total. The fourth-order valence-electron chi connectivity index (χ4n) is 3.87. The Morgan fingerprint density at radius 3 is 2.54 bits per heavy atom. The molecule has 1 aliphatic heterocycles.